The summed E-state index contributed by atoms with van der Waals surface area (Å²) < 4.78 is 26.4. The minimum atomic E-state index is -4.36. The molecule has 26 heavy (non-hydrogen) atoms. The highest BCUT2D eigenvalue weighted by Gasteiger charge is 2.36. The highest BCUT2D eigenvalue weighted by molar-refractivity contribution is 7.90. The third-order valence-electron chi connectivity index (χ3n) is 3.69. The van der Waals surface area contributed by atoms with E-state index >= 15 is 0 Å². The van der Waals surface area contributed by atoms with Gasteiger partial charge >= 0.3 is 0 Å². The van der Waals surface area contributed by atoms with E-state index < -0.39 is 21.8 Å². The van der Waals surface area contributed by atoms with Gasteiger partial charge in [-0.1, -0.05) is 54.6 Å². The number of rotatable bonds is 4. The summed E-state index contributed by atoms with van der Waals surface area (Å²) in [6.45, 7) is 0. The molecule has 130 valence electrons. The van der Waals surface area contributed by atoms with Crippen molar-refractivity contribution in [2.75, 3.05) is 0 Å². The fourth-order valence-electron chi connectivity index (χ4n) is 2.40. The lowest BCUT2D eigenvalue weighted by atomic mass is 10.2. The molecule has 2 amide bonds. The Balaban J connectivity index is 2.14. The number of benzene rings is 3. The lowest BCUT2D eigenvalue weighted by Gasteiger charge is -2.21. The van der Waals surface area contributed by atoms with Crippen molar-refractivity contribution in [2.24, 2.45) is 0 Å². The van der Waals surface area contributed by atoms with Crippen LogP contribution in [0.15, 0.2) is 95.9 Å². The first kappa shape index (κ1) is 17.6. The van der Waals surface area contributed by atoms with Gasteiger partial charge in [-0.15, -0.1) is 0 Å². The van der Waals surface area contributed by atoms with Crippen LogP contribution >= 0.6 is 0 Å². The first-order valence-electron chi connectivity index (χ1n) is 7.81. The second kappa shape index (κ2) is 7.33. The zero-order chi connectivity index (χ0) is 18.6. The molecule has 0 heterocycles. The molecule has 0 spiro atoms. The van der Waals surface area contributed by atoms with Crippen LogP contribution in [0.5, 0.6) is 0 Å². The molecular weight excluding hydrogens is 350 g/mol. The Labute approximate surface area is 151 Å². The van der Waals surface area contributed by atoms with Crippen molar-refractivity contribution in [3.63, 3.8) is 0 Å². The van der Waals surface area contributed by atoms with Crippen molar-refractivity contribution in [3.05, 3.63) is 102 Å². The van der Waals surface area contributed by atoms with Gasteiger partial charge in [-0.2, -0.15) is 4.31 Å². The van der Waals surface area contributed by atoms with E-state index in [2.05, 4.69) is 0 Å². The van der Waals surface area contributed by atoms with Gasteiger partial charge in [0, 0.05) is 11.1 Å². The van der Waals surface area contributed by atoms with Crippen LogP contribution in [0.4, 0.5) is 0 Å². The Morgan fingerprint density at radius 2 is 0.923 bits per heavy atom. The van der Waals surface area contributed by atoms with Crippen LogP contribution in [0.25, 0.3) is 0 Å². The summed E-state index contributed by atoms with van der Waals surface area (Å²) in [6.07, 6.45) is 0. The van der Waals surface area contributed by atoms with Crippen molar-refractivity contribution in [3.8, 4) is 0 Å². The van der Waals surface area contributed by atoms with Crippen molar-refractivity contribution in [1.82, 2.24) is 4.31 Å². The summed E-state index contributed by atoms with van der Waals surface area (Å²) in [7, 11) is -4.36. The average molecular weight is 365 g/mol. The first-order valence-corrected chi connectivity index (χ1v) is 9.25. The van der Waals surface area contributed by atoms with Gasteiger partial charge in [0.05, 0.1) is 4.90 Å². The smallest absolute Gasteiger partial charge is 0.267 e. The lowest BCUT2D eigenvalue weighted by molar-refractivity contribution is 0.0731. The number of carbonyl (C=O) groups excluding carboxylic acids is 2. The van der Waals surface area contributed by atoms with Crippen LogP contribution in [0.2, 0.25) is 0 Å². The molecule has 3 rings (SSSR count). The molecule has 0 fully saturated rings. The highest BCUT2D eigenvalue weighted by Crippen LogP contribution is 2.21. The molecule has 0 aromatic heterocycles. The maximum absolute atomic E-state index is 13.0. The Kier molecular flexibility index (Phi) is 4.95. The van der Waals surface area contributed by atoms with E-state index in [4.69, 9.17) is 0 Å². The molecule has 0 bridgehead atoms. The van der Waals surface area contributed by atoms with Crippen LogP contribution in [-0.4, -0.2) is 24.5 Å². The first-order chi connectivity index (χ1) is 12.5. The van der Waals surface area contributed by atoms with Gasteiger partial charge in [0.1, 0.15) is 0 Å². The number of hydrogen-bond donors (Lipinski definition) is 0. The van der Waals surface area contributed by atoms with E-state index in [1.54, 1.807) is 42.5 Å². The quantitative estimate of drug-likeness (QED) is 0.665. The number of sulfonamides is 1. The summed E-state index contributed by atoms with van der Waals surface area (Å²) in [6, 6.07) is 23.1. The van der Waals surface area contributed by atoms with Crippen LogP contribution in [-0.2, 0) is 10.0 Å². The molecule has 0 aliphatic heterocycles. The molecule has 0 radical (unpaired) electrons. The van der Waals surface area contributed by atoms with Crippen molar-refractivity contribution in [1.29, 1.82) is 0 Å². The summed E-state index contributed by atoms with van der Waals surface area (Å²) >= 11 is 0. The number of amides is 2. The zero-order valence-electron chi connectivity index (χ0n) is 13.6. The van der Waals surface area contributed by atoms with Gasteiger partial charge in [-0.05, 0) is 36.4 Å². The molecule has 0 saturated carbocycles. The monoisotopic (exact) mass is 365 g/mol. The molecule has 5 nitrogen and oxygen atoms in total. The maximum Gasteiger partial charge on any atom is 0.274 e. The van der Waals surface area contributed by atoms with Gasteiger partial charge in [-0.3, -0.25) is 9.59 Å². The van der Waals surface area contributed by atoms with E-state index in [-0.39, 0.29) is 16.0 Å². The highest BCUT2D eigenvalue weighted by atomic mass is 32.2. The fourth-order valence-corrected chi connectivity index (χ4v) is 3.76. The standard InChI is InChI=1S/C20H15NO4S/c22-19(16-10-4-1-5-11-16)21(20(23)17-12-6-2-7-13-17)26(24,25)18-14-8-3-9-15-18/h1-15H. The summed E-state index contributed by atoms with van der Waals surface area (Å²) in [5.41, 5.74) is 0.215. The van der Waals surface area contributed by atoms with E-state index in [0.717, 1.165) is 0 Å². The molecule has 0 aliphatic rings. The predicted octanol–water partition coefficient (Wildman–Crippen LogP) is 3.36. The van der Waals surface area contributed by atoms with Gasteiger partial charge in [0.15, 0.2) is 0 Å². The van der Waals surface area contributed by atoms with Crippen molar-refractivity contribution >= 4 is 21.8 Å². The SMILES string of the molecule is O=C(c1ccccc1)N(C(=O)c1ccccc1)S(=O)(=O)c1ccccc1. The minimum Gasteiger partial charge on any atom is -0.267 e. The Bertz CT molecular complexity index is 966. The molecule has 0 atom stereocenters. The Morgan fingerprint density at radius 3 is 1.31 bits per heavy atom. The number of hydrogen-bond acceptors (Lipinski definition) is 4. The normalized spacial score (nSPS) is 10.9. The van der Waals surface area contributed by atoms with Crippen LogP contribution in [0.1, 0.15) is 20.7 Å². The topological polar surface area (TPSA) is 71.5 Å². The fraction of sp³-hybridized carbons (Fsp3) is 0. The van der Waals surface area contributed by atoms with Gasteiger partial charge in [0.25, 0.3) is 21.8 Å². The average Bonchev–Trinajstić information content (AvgIpc) is 2.70. The minimum absolute atomic E-state index is 0.108. The van der Waals surface area contributed by atoms with Crippen LogP contribution in [0.3, 0.4) is 0 Å². The predicted molar refractivity (Wildman–Crippen MR) is 97.0 cm³/mol. The molecule has 0 saturated heterocycles. The molecule has 0 N–H and O–H groups in total. The second-order valence-corrected chi connectivity index (χ2v) is 7.21. The molecule has 3 aromatic rings. The Hall–Kier alpha value is -3.25. The number of carbonyl (C=O) groups is 2. The molecule has 0 unspecified atom stereocenters. The van der Waals surface area contributed by atoms with Crippen LogP contribution < -0.4 is 0 Å². The summed E-state index contributed by atoms with van der Waals surface area (Å²) in [5, 5.41) is 0. The lowest BCUT2D eigenvalue weighted by Crippen LogP contribution is -2.41. The number of imide groups is 1. The molecular formula is C20H15NO4S. The van der Waals surface area contributed by atoms with Gasteiger partial charge in [-0.25, -0.2) is 8.42 Å². The van der Waals surface area contributed by atoms with Crippen molar-refractivity contribution < 1.29 is 18.0 Å². The van der Waals surface area contributed by atoms with Gasteiger partial charge < -0.3 is 0 Å². The van der Waals surface area contributed by atoms with Crippen molar-refractivity contribution in [2.45, 2.75) is 4.90 Å². The third-order valence-corrected chi connectivity index (χ3v) is 5.37. The second-order valence-electron chi connectivity index (χ2n) is 5.42. The third kappa shape index (κ3) is 3.41. The van der Waals surface area contributed by atoms with E-state index in [0.29, 0.717) is 4.31 Å². The molecule has 0 aliphatic carbocycles. The van der Waals surface area contributed by atoms with E-state index in [1.807, 2.05) is 0 Å². The van der Waals surface area contributed by atoms with E-state index in [1.165, 1.54) is 48.5 Å². The molecule has 6 heteroatoms. The molecule has 3 aromatic carbocycles. The number of nitrogens with zero attached hydrogens (tertiary/aromatic N) is 1. The van der Waals surface area contributed by atoms with Gasteiger partial charge in [0.2, 0.25) is 0 Å². The van der Waals surface area contributed by atoms with Crippen LogP contribution in [0, 0.1) is 0 Å². The maximum atomic E-state index is 13.0. The zero-order valence-corrected chi connectivity index (χ0v) is 14.5. The largest absolute Gasteiger partial charge is 0.274 e. The van der Waals surface area contributed by atoms with E-state index in [9.17, 15) is 18.0 Å². The summed E-state index contributed by atoms with van der Waals surface area (Å²) in [5.74, 6) is -1.80. The Morgan fingerprint density at radius 1 is 0.577 bits per heavy atom. The summed E-state index contributed by atoms with van der Waals surface area (Å²) in [4.78, 5) is 25.7.